The number of aromatic nitrogens is 1. The van der Waals surface area contributed by atoms with Crippen LogP contribution in [-0.4, -0.2) is 56.1 Å². The van der Waals surface area contributed by atoms with Crippen LogP contribution in [0, 0.1) is 11.3 Å². The van der Waals surface area contributed by atoms with E-state index in [9.17, 15) is 13.7 Å². The first kappa shape index (κ1) is 19.9. The molecule has 3 heterocycles. The molecule has 0 unspecified atom stereocenters. The van der Waals surface area contributed by atoms with Gasteiger partial charge >= 0.3 is 0 Å². The summed E-state index contributed by atoms with van der Waals surface area (Å²) < 4.78 is 38.5. The highest BCUT2D eigenvalue weighted by Crippen LogP contribution is 2.31. The molecule has 0 N–H and O–H groups in total. The van der Waals surface area contributed by atoms with E-state index in [1.165, 1.54) is 4.31 Å². The van der Waals surface area contributed by atoms with Gasteiger partial charge in [0.1, 0.15) is 6.07 Å². The molecular weight excluding hydrogens is 392 g/mol. The Kier molecular flexibility index (Phi) is 5.34. The van der Waals surface area contributed by atoms with Crippen LogP contribution in [-0.2, 0) is 14.8 Å². The molecule has 4 rings (SSSR count). The van der Waals surface area contributed by atoms with E-state index in [0.29, 0.717) is 43.5 Å². The number of ether oxygens (including phenoxy) is 1. The summed E-state index contributed by atoms with van der Waals surface area (Å²) in [6, 6.07) is 8.57. The average Bonchev–Trinajstić information content (AvgIpc) is 3.37. The number of morpholine rings is 1. The first-order chi connectivity index (χ1) is 13.9. The van der Waals surface area contributed by atoms with Crippen LogP contribution in [0.1, 0.15) is 32.4 Å². The van der Waals surface area contributed by atoms with Crippen LogP contribution in [0.2, 0.25) is 0 Å². The predicted octanol–water partition coefficient (Wildman–Crippen LogP) is 2.61. The molecule has 1 aromatic carbocycles. The highest BCUT2D eigenvalue weighted by molar-refractivity contribution is 7.89. The van der Waals surface area contributed by atoms with Crippen molar-refractivity contribution in [1.29, 1.82) is 5.26 Å². The lowest BCUT2D eigenvalue weighted by molar-refractivity contribution is -0.00638. The van der Waals surface area contributed by atoms with Crippen LogP contribution in [0.5, 0.6) is 0 Å². The topological polar surface area (TPSA) is 99.7 Å². The second-order valence-electron chi connectivity index (χ2n) is 7.58. The maximum absolute atomic E-state index is 12.7. The van der Waals surface area contributed by atoms with Gasteiger partial charge in [0.2, 0.25) is 27.5 Å². The molecule has 0 saturated carbocycles. The highest BCUT2D eigenvalue weighted by Gasteiger charge is 2.29. The Morgan fingerprint density at radius 3 is 2.31 bits per heavy atom. The van der Waals surface area contributed by atoms with E-state index in [2.05, 4.69) is 11.1 Å². The fourth-order valence-electron chi connectivity index (χ4n) is 3.91. The van der Waals surface area contributed by atoms with E-state index >= 15 is 0 Å². The van der Waals surface area contributed by atoms with Gasteiger partial charge in [-0.2, -0.15) is 14.6 Å². The molecule has 2 saturated heterocycles. The molecule has 2 aliphatic heterocycles. The summed E-state index contributed by atoms with van der Waals surface area (Å²) in [5.41, 5.74) is 0.845. The summed E-state index contributed by atoms with van der Waals surface area (Å²) in [5, 5.41) is 9.50. The van der Waals surface area contributed by atoms with Crippen molar-refractivity contribution < 1.29 is 17.6 Å². The molecule has 0 amide bonds. The Bertz CT molecular complexity index is 1010. The first-order valence-electron chi connectivity index (χ1n) is 9.80. The largest absolute Gasteiger partial charge is 0.419 e. The summed E-state index contributed by atoms with van der Waals surface area (Å²) in [5.74, 6) is 0.728. The number of nitrogens with zero attached hydrogens (tertiary/aromatic N) is 4. The fraction of sp³-hybridized carbons (Fsp3) is 0.500. The number of rotatable bonds is 4. The van der Waals surface area contributed by atoms with Gasteiger partial charge in [-0.1, -0.05) is 0 Å². The number of oxazole rings is 1. The Hall–Kier alpha value is -2.41. The van der Waals surface area contributed by atoms with Gasteiger partial charge in [-0.3, -0.25) is 0 Å². The second kappa shape index (κ2) is 7.78. The van der Waals surface area contributed by atoms with Crippen LogP contribution >= 0.6 is 0 Å². The van der Waals surface area contributed by atoms with Crippen molar-refractivity contribution in [3.63, 3.8) is 0 Å². The molecule has 29 heavy (non-hydrogen) atoms. The van der Waals surface area contributed by atoms with Gasteiger partial charge in [0.05, 0.1) is 17.1 Å². The van der Waals surface area contributed by atoms with Gasteiger partial charge in [-0.05, 0) is 51.0 Å². The Morgan fingerprint density at radius 1 is 1.10 bits per heavy atom. The van der Waals surface area contributed by atoms with Gasteiger partial charge in [0, 0.05) is 31.7 Å². The minimum absolute atomic E-state index is 0.0221. The molecule has 2 fully saturated rings. The molecule has 1 aromatic heterocycles. The number of sulfonamides is 1. The molecule has 0 spiro atoms. The van der Waals surface area contributed by atoms with Gasteiger partial charge < -0.3 is 14.1 Å². The van der Waals surface area contributed by atoms with Crippen molar-refractivity contribution in [2.24, 2.45) is 0 Å². The molecule has 2 aliphatic rings. The molecule has 9 heteroatoms. The van der Waals surface area contributed by atoms with Gasteiger partial charge in [0.15, 0.2) is 0 Å². The van der Waals surface area contributed by atoms with E-state index in [1.54, 1.807) is 24.3 Å². The van der Waals surface area contributed by atoms with Crippen LogP contribution in [0.4, 0.5) is 5.88 Å². The summed E-state index contributed by atoms with van der Waals surface area (Å²) in [6.45, 7) is 6.31. The second-order valence-corrected chi connectivity index (χ2v) is 9.52. The fourth-order valence-corrected chi connectivity index (χ4v) is 5.43. The molecule has 2 aromatic rings. The smallest absolute Gasteiger partial charge is 0.243 e. The lowest BCUT2D eigenvalue weighted by Crippen LogP contribution is -2.45. The Balaban J connectivity index is 1.61. The van der Waals surface area contributed by atoms with Crippen LogP contribution < -0.4 is 4.90 Å². The third kappa shape index (κ3) is 3.88. The monoisotopic (exact) mass is 416 g/mol. The van der Waals surface area contributed by atoms with Crippen LogP contribution in [0.15, 0.2) is 33.6 Å². The van der Waals surface area contributed by atoms with Crippen molar-refractivity contribution in [3.05, 3.63) is 30.0 Å². The van der Waals surface area contributed by atoms with Gasteiger partial charge in [-0.15, -0.1) is 0 Å². The summed E-state index contributed by atoms with van der Waals surface area (Å²) in [4.78, 5) is 6.55. The summed E-state index contributed by atoms with van der Waals surface area (Å²) in [7, 11) is -3.47. The molecule has 8 nitrogen and oxygen atoms in total. The molecular formula is C20H24N4O4S. The molecule has 154 valence electrons. The number of anilines is 1. The minimum Gasteiger partial charge on any atom is -0.419 e. The zero-order chi connectivity index (χ0) is 20.6. The SMILES string of the molecule is C[C@@H]1CN(c2oc(-c3ccc(S(=O)(=O)N4CCCC4)cc3)nc2C#N)C[C@@H](C)O1. The standard InChI is InChI=1S/C20H24N4O4S/c1-14-12-23(13-15(2)27-14)20-18(11-21)22-19(28-20)16-5-7-17(8-6-16)29(25,26)24-9-3-4-10-24/h5-8,14-15H,3-4,9-10,12-13H2,1-2H3/t14-,15-/m1/s1. The predicted molar refractivity (Wildman–Crippen MR) is 107 cm³/mol. The van der Waals surface area contributed by atoms with Crippen molar-refractivity contribution in [2.45, 2.75) is 43.8 Å². The zero-order valence-electron chi connectivity index (χ0n) is 16.5. The molecule has 0 radical (unpaired) electrons. The van der Waals surface area contributed by atoms with Crippen LogP contribution in [0.25, 0.3) is 11.5 Å². The summed E-state index contributed by atoms with van der Waals surface area (Å²) >= 11 is 0. The van der Waals surface area contributed by atoms with Crippen molar-refractivity contribution in [1.82, 2.24) is 9.29 Å². The zero-order valence-corrected chi connectivity index (χ0v) is 17.4. The molecule has 0 bridgehead atoms. The van der Waals surface area contributed by atoms with Crippen molar-refractivity contribution >= 4 is 15.9 Å². The van der Waals surface area contributed by atoms with E-state index < -0.39 is 10.0 Å². The van der Waals surface area contributed by atoms with E-state index in [-0.39, 0.29) is 22.8 Å². The third-order valence-electron chi connectivity index (χ3n) is 5.23. The van der Waals surface area contributed by atoms with E-state index in [1.807, 2.05) is 18.7 Å². The van der Waals surface area contributed by atoms with Crippen LogP contribution in [0.3, 0.4) is 0 Å². The third-order valence-corrected chi connectivity index (χ3v) is 7.14. The lowest BCUT2D eigenvalue weighted by Gasteiger charge is -2.34. The van der Waals surface area contributed by atoms with E-state index in [4.69, 9.17) is 9.15 Å². The first-order valence-corrected chi connectivity index (χ1v) is 11.2. The molecule has 0 aliphatic carbocycles. The van der Waals surface area contributed by atoms with Gasteiger partial charge in [0.25, 0.3) is 0 Å². The maximum atomic E-state index is 12.7. The average molecular weight is 417 g/mol. The lowest BCUT2D eigenvalue weighted by atomic mass is 10.2. The highest BCUT2D eigenvalue weighted by atomic mass is 32.2. The van der Waals surface area contributed by atoms with Gasteiger partial charge in [-0.25, -0.2) is 8.42 Å². The number of benzene rings is 1. The Labute approximate surface area is 170 Å². The number of hydrogen-bond acceptors (Lipinski definition) is 7. The summed E-state index contributed by atoms with van der Waals surface area (Å²) in [6.07, 6.45) is 1.83. The number of hydrogen-bond donors (Lipinski definition) is 0. The maximum Gasteiger partial charge on any atom is 0.243 e. The van der Waals surface area contributed by atoms with Crippen molar-refractivity contribution in [2.75, 3.05) is 31.1 Å². The molecule has 2 atom stereocenters. The Morgan fingerprint density at radius 2 is 1.72 bits per heavy atom. The normalized spacial score (nSPS) is 23.3. The minimum atomic E-state index is -3.47. The number of nitriles is 1. The quantitative estimate of drug-likeness (QED) is 0.755. The van der Waals surface area contributed by atoms with Crippen molar-refractivity contribution in [3.8, 4) is 17.5 Å². The van der Waals surface area contributed by atoms with E-state index in [0.717, 1.165) is 12.8 Å².